The summed E-state index contributed by atoms with van der Waals surface area (Å²) in [6.07, 6.45) is 0.547. The maximum absolute atomic E-state index is 13.6. The van der Waals surface area contributed by atoms with Gasteiger partial charge in [-0.2, -0.15) is 0 Å². The highest BCUT2D eigenvalue weighted by molar-refractivity contribution is 9.10. The Bertz CT molecular complexity index is 1010. The summed E-state index contributed by atoms with van der Waals surface area (Å²) in [5.74, 6) is -0.0960. The molecule has 2 aliphatic rings. The molecule has 3 heterocycles. The smallest absolute Gasteiger partial charge is 0.220 e. The standard InChI is InChI=1S/C21H25BrFN5O3/c1-11-18-17(27-20(24)25-11)7-16(14-5-4-13(23)6-15(14)22)26-19(18)28-31-10-12-8-29-21(2,3)30-9-12/h4-6,12,16H,7-10H2,1-3H3,(H,26,28)(H2,24,25,27)/t16-/m1/s1. The zero-order chi connectivity index (χ0) is 22.2. The van der Waals surface area contributed by atoms with Gasteiger partial charge in [-0.25, -0.2) is 14.4 Å². The Morgan fingerprint density at radius 3 is 2.77 bits per heavy atom. The number of hydrogen-bond acceptors (Lipinski definition) is 7. The lowest BCUT2D eigenvalue weighted by Gasteiger charge is -2.34. The average molecular weight is 494 g/mol. The fourth-order valence-corrected chi connectivity index (χ4v) is 4.29. The lowest BCUT2D eigenvalue weighted by Crippen LogP contribution is -2.41. The molecule has 8 nitrogen and oxygen atoms in total. The molecule has 1 aromatic carbocycles. The molecule has 4 rings (SSSR count). The van der Waals surface area contributed by atoms with Crippen LogP contribution in [0.2, 0.25) is 0 Å². The number of fused-ring (bicyclic) bond motifs is 1. The van der Waals surface area contributed by atoms with E-state index in [1.807, 2.05) is 20.8 Å². The first kappa shape index (κ1) is 21.9. The largest absolute Gasteiger partial charge is 0.394 e. The van der Waals surface area contributed by atoms with Crippen LogP contribution in [-0.4, -0.2) is 41.4 Å². The third-order valence-corrected chi connectivity index (χ3v) is 5.95. The minimum atomic E-state index is -0.573. The molecule has 0 spiro atoms. The minimum absolute atomic E-state index is 0.0752. The number of halogens is 2. The predicted molar refractivity (Wildman–Crippen MR) is 117 cm³/mol. The van der Waals surface area contributed by atoms with Gasteiger partial charge in [0.15, 0.2) is 11.6 Å². The molecule has 1 aromatic heterocycles. The number of nitrogen functional groups attached to an aromatic ring is 1. The van der Waals surface area contributed by atoms with Crippen LogP contribution in [0.25, 0.3) is 0 Å². The summed E-state index contributed by atoms with van der Waals surface area (Å²) < 4.78 is 25.6. The van der Waals surface area contributed by atoms with E-state index in [4.69, 9.17) is 20.0 Å². The molecule has 1 saturated heterocycles. The first-order valence-corrected chi connectivity index (χ1v) is 10.8. The molecular formula is C21H25BrFN5O3. The molecule has 0 bridgehead atoms. The SMILES string of the molecule is Cc1nc(N)nc2c1/C(=N/OCC1COC(C)(C)OC1)N[C@@H](c1ccc(F)cc1Br)C2. The number of oxime groups is 1. The Labute approximate surface area is 188 Å². The monoisotopic (exact) mass is 493 g/mol. The fourth-order valence-electron chi connectivity index (χ4n) is 3.67. The van der Waals surface area contributed by atoms with Crippen molar-refractivity contribution < 1.29 is 18.7 Å². The summed E-state index contributed by atoms with van der Waals surface area (Å²) in [4.78, 5) is 14.4. The quantitative estimate of drug-likeness (QED) is 0.629. The highest BCUT2D eigenvalue weighted by atomic mass is 79.9. The van der Waals surface area contributed by atoms with E-state index in [0.717, 1.165) is 16.8 Å². The molecule has 0 saturated carbocycles. The van der Waals surface area contributed by atoms with E-state index in [9.17, 15) is 4.39 Å². The van der Waals surface area contributed by atoms with Gasteiger partial charge in [-0.1, -0.05) is 27.2 Å². The summed E-state index contributed by atoms with van der Waals surface area (Å²) in [7, 11) is 0. The fraction of sp³-hybridized carbons (Fsp3) is 0.476. The number of ether oxygens (including phenoxy) is 2. The molecule has 166 valence electrons. The molecule has 0 amide bonds. The normalized spacial score (nSPS) is 22.1. The molecule has 0 unspecified atom stereocenters. The van der Waals surface area contributed by atoms with Crippen LogP contribution >= 0.6 is 15.9 Å². The lowest BCUT2D eigenvalue weighted by atomic mass is 9.94. The minimum Gasteiger partial charge on any atom is -0.394 e. The van der Waals surface area contributed by atoms with Crippen molar-refractivity contribution >= 4 is 27.7 Å². The molecule has 2 aromatic rings. The van der Waals surface area contributed by atoms with E-state index in [1.54, 1.807) is 6.07 Å². The van der Waals surface area contributed by atoms with E-state index in [2.05, 4.69) is 36.4 Å². The van der Waals surface area contributed by atoms with E-state index < -0.39 is 5.79 Å². The molecular weight excluding hydrogens is 469 g/mol. The third kappa shape index (κ3) is 4.97. The summed E-state index contributed by atoms with van der Waals surface area (Å²) in [6, 6.07) is 4.40. The van der Waals surface area contributed by atoms with Gasteiger partial charge in [0.1, 0.15) is 12.4 Å². The van der Waals surface area contributed by atoms with Crippen LogP contribution in [0.5, 0.6) is 0 Å². The van der Waals surface area contributed by atoms with Gasteiger partial charge in [-0.05, 0) is 38.5 Å². The Balaban J connectivity index is 1.57. The molecule has 3 N–H and O–H groups in total. The lowest BCUT2D eigenvalue weighted by molar-refractivity contribution is -0.266. The number of nitrogens with zero attached hydrogens (tertiary/aromatic N) is 3. The zero-order valence-electron chi connectivity index (χ0n) is 17.6. The van der Waals surface area contributed by atoms with Crippen LogP contribution in [0.4, 0.5) is 10.3 Å². The van der Waals surface area contributed by atoms with Gasteiger partial charge in [-0.3, -0.25) is 0 Å². The molecule has 0 aliphatic carbocycles. The van der Waals surface area contributed by atoms with Crippen molar-refractivity contribution in [1.29, 1.82) is 0 Å². The summed E-state index contributed by atoms with van der Waals surface area (Å²) in [5, 5.41) is 7.74. The van der Waals surface area contributed by atoms with E-state index in [0.29, 0.717) is 42.2 Å². The first-order chi connectivity index (χ1) is 14.7. The topological polar surface area (TPSA) is 104 Å². The number of nitrogens with one attached hydrogen (secondary N) is 1. The van der Waals surface area contributed by atoms with Crippen LogP contribution in [0.15, 0.2) is 27.8 Å². The second kappa shape index (κ2) is 8.68. The van der Waals surface area contributed by atoms with Crippen molar-refractivity contribution in [2.75, 3.05) is 25.6 Å². The van der Waals surface area contributed by atoms with Crippen LogP contribution in [0.3, 0.4) is 0 Å². The number of anilines is 1. The number of aryl methyl sites for hydroxylation is 1. The molecule has 31 heavy (non-hydrogen) atoms. The summed E-state index contributed by atoms with van der Waals surface area (Å²) >= 11 is 3.45. The van der Waals surface area contributed by atoms with Gasteiger partial charge in [-0.15, -0.1) is 0 Å². The van der Waals surface area contributed by atoms with Gasteiger partial charge in [0.25, 0.3) is 0 Å². The van der Waals surface area contributed by atoms with Gasteiger partial charge in [0.2, 0.25) is 5.95 Å². The number of rotatable bonds is 4. The molecule has 2 aliphatic heterocycles. The number of aromatic nitrogens is 2. The van der Waals surface area contributed by atoms with Gasteiger partial charge in [0.05, 0.1) is 36.2 Å². The van der Waals surface area contributed by atoms with Crippen molar-refractivity contribution in [3.63, 3.8) is 0 Å². The van der Waals surface area contributed by atoms with Crippen molar-refractivity contribution in [1.82, 2.24) is 15.3 Å². The predicted octanol–water partition coefficient (Wildman–Crippen LogP) is 3.23. The molecule has 0 radical (unpaired) electrons. The first-order valence-electron chi connectivity index (χ1n) is 10.0. The van der Waals surface area contributed by atoms with Crippen LogP contribution in [-0.2, 0) is 20.7 Å². The highest BCUT2D eigenvalue weighted by Gasteiger charge is 2.31. The number of benzene rings is 1. The van der Waals surface area contributed by atoms with E-state index in [-0.39, 0.29) is 23.7 Å². The number of nitrogens with two attached hydrogens (primary N) is 1. The molecule has 1 fully saturated rings. The van der Waals surface area contributed by atoms with Crippen molar-refractivity contribution in [3.05, 3.63) is 51.0 Å². The molecule has 10 heteroatoms. The van der Waals surface area contributed by atoms with E-state index >= 15 is 0 Å². The maximum Gasteiger partial charge on any atom is 0.220 e. The summed E-state index contributed by atoms with van der Waals surface area (Å²) in [6.45, 7) is 7.03. The van der Waals surface area contributed by atoms with Gasteiger partial charge in [0, 0.05) is 16.8 Å². The van der Waals surface area contributed by atoms with Gasteiger partial charge >= 0.3 is 0 Å². The maximum atomic E-state index is 13.6. The average Bonchev–Trinajstić information content (AvgIpc) is 2.68. The highest BCUT2D eigenvalue weighted by Crippen LogP contribution is 2.31. The second-order valence-electron chi connectivity index (χ2n) is 8.18. The Kier molecular flexibility index (Phi) is 6.14. The van der Waals surface area contributed by atoms with E-state index in [1.165, 1.54) is 12.1 Å². The number of hydrogen-bond donors (Lipinski definition) is 2. The Hall–Kier alpha value is -2.30. The zero-order valence-corrected chi connectivity index (χ0v) is 19.2. The van der Waals surface area contributed by atoms with Crippen LogP contribution in [0.1, 0.15) is 42.4 Å². The van der Waals surface area contributed by atoms with Crippen molar-refractivity contribution in [3.8, 4) is 0 Å². The van der Waals surface area contributed by atoms with Crippen LogP contribution < -0.4 is 11.1 Å². The van der Waals surface area contributed by atoms with Crippen molar-refractivity contribution in [2.45, 2.75) is 39.0 Å². The molecule has 1 atom stereocenters. The van der Waals surface area contributed by atoms with Crippen molar-refractivity contribution in [2.24, 2.45) is 11.1 Å². The Morgan fingerprint density at radius 2 is 2.06 bits per heavy atom. The number of amidine groups is 1. The second-order valence-corrected chi connectivity index (χ2v) is 9.03. The Morgan fingerprint density at radius 1 is 1.32 bits per heavy atom. The van der Waals surface area contributed by atoms with Gasteiger partial charge < -0.3 is 25.4 Å². The summed E-state index contributed by atoms with van der Waals surface area (Å²) in [5.41, 5.74) is 9.00. The third-order valence-electron chi connectivity index (χ3n) is 5.26. The van der Waals surface area contributed by atoms with Crippen LogP contribution in [0, 0.1) is 18.7 Å².